The molecule has 154 valence electrons. The minimum atomic E-state index is -0.261. The first-order chi connectivity index (χ1) is 14.6. The SMILES string of the molecule is CCOc1ccc(C(=O)Nc2cccc(C(C)=O)c2)cc1COCc1ccccc1. The lowest BCUT2D eigenvalue weighted by Gasteiger charge is -2.13. The van der Waals surface area contributed by atoms with E-state index < -0.39 is 0 Å². The number of anilines is 1. The van der Waals surface area contributed by atoms with Crippen molar-refractivity contribution in [1.29, 1.82) is 0 Å². The molecular formula is C25H25NO4. The monoisotopic (exact) mass is 403 g/mol. The smallest absolute Gasteiger partial charge is 0.255 e. The highest BCUT2D eigenvalue weighted by molar-refractivity contribution is 6.05. The van der Waals surface area contributed by atoms with Crippen LogP contribution in [0.2, 0.25) is 0 Å². The van der Waals surface area contributed by atoms with Crippen molar-refractivity contribution in [3.05, 3.63) is 95.1 Å². The maximum atomic E-state index is 12.7. The van der Waals surface area contributed by atoms with Crippen LogP contribution in [-0.2, 0) is 18.0 Å². The van der Waals surface area contributed by atoms with Gasteiger partial charge in [-0.2, -0.15) is 0 Å². The van der Waals surface area contributed by atoms with Crippen molar-refractivity contribution in [2.75, 3.05) is 11.9 Å². The summed E-state index contributed by atoms with van der Waals surface area (Å²) in [6.45, 7) is 4.73. The Labute approximate surface area is 176 Å². The van der Waals surface area contributed by atoms with Crippen LogP contribution in [0.25, 0.3) is 0 Å². The summed E-state index contributed by atoms with van der Waals surface area (Å²) in [7, 11) is 0. The molecule has 0 unspecified atom stereocenters. The summed E-state index contributed by atoms with van der Waals surface area (Å²) in [5.74, 6) is 0.383. The molecule has 1 N–H and O–H groups in total. The molecule has 5 nitrogen and oxygen atoms in total. The first-order valence-corrected chi connectivity index (χ1v) is 9.86. The number of carbonyl (C=O) groups excluding carboxylic acids is 2. The molecule has 3 rings (SSSR count). The minimum Gasteiger partial charge on any atom is -0.494 e. The van der Waals surface area contributed by atoms with Crippen molar-refractivity contribution in [3.63, 3.8) is 0 Å². The summed E-state index contributed by atoms with van der Waals surface area (Å²) in [6.07, 6.45) is 0. The highest BCUT2D eigenvalue weighted by Gasteiger charge is 2.12. The number of hydrogen-bond acceptors (Lipinski definition) is 4. The van der Waals surface area contributed by atoms with Crippen LogP contribution in [0.3, 0.4) is 0 Å². The molecule has 0 aliphatic rings. The molecule has 1 amide bonds. The zero-order chi connectivity index (χ0) is 21.3. The second kappa shape index (κ2) is 10.4. The number of amides is 1. The molecule has 0 bridgehead atoms. The summed E-state index contributed by atoms with van der Waals surface area (Å²) in [5.41, 5.74) is 3.50. The molecule has 3 aromatic carbocycles. The Kier molecular flexibility index (Phi) is 7.35. The number of carbonyl (C=O) groups is 2. The number of ketones is 1. The Morgan fingerprint density at radius 2 is 1.67 bits per heavy atom. The molecular weight excluding hydrogens is 378 g/mol. The van der Waals surface area contributed by atoms with Crippen molar-refractivity contribution < 1.29 is 19.1 Å². The van der Waals surface area contributed by atoms with Gasteiger partial charge in [-0.1, -0.05) is 42.5 Å². The Balaban J connectivity index is 1.72. The third-order valence-corrected chi connectivity index (χ3v) is 4.52. The fourth-order valence-corrected chi connectivity index (χ4v) is 3.00. The maximum Gasteiger partial charge on any atom is 0.255 e. The second-order valence-electron chi connectivity index (χ2n) is 6.83. The standard InChI is InChI=1S/C25H25NO4/c1-3-30-24-13-12-21(14-22(24)17-29-16-19-8-5-4-6-9-19)25(28)26-23-11-7-10-20(15-23)18(2)27/h4-15H,3,16-17H2,1-2H3,(H,26,28). The number of rotatable bonds is 9. The molecule has 0 saturated carbocycles. The third-order valence-electron chi connectivity index (χ3n) is 4.52. The molecule has 3 aromatic rings. The molecule has 0 saturated heterocycles. The first-order valence-electron chi connectivity index (χ1n) is 9.86. The Bertz CT molecular complexity index is 1010. The zero-order valence-corrected chi connectivity index (χ0v) is 17.2. The lowest BCUT2D eigenvalue weighted by atomic mass is 10.1. The predicted octanol–water partition coefficient (Wildman–Crippen LogP) is 5.26. The number of benzene rings is 3. The molecule has 5 heteroatoms. The van der Waals surface area contributed by atoms with E-state index in [1.54, 1.807) is 42.5 Å². The van der Waals surface area contributed by atoms with Gasteiger partial charge in [0.05, 0.1) is 19.8 Å². The summed E-state index contributed by atoms with van der Waals surface area (Å²) in [6, 6.07) is 22.1. The van der Waals surface area contributed by atoms with Crippen LogP contribution in [0.4, 0.5) is 5.69 Å². The van der Waals surface area contributed by atoms with Gasteiger partial charge in [0.15, 0.2) is 5.78 Å². The van der Waals surface area contributed by atoms with Gasteiger partial charge >= 0.3 is 0 Å². The van der Waals surface area contributed by atoms with E-state index in [0.29, 0.717) is 42.4 Å². The highest BCUT2D eigenvalue weighted by Crippen LogP contribution is 2.23. The number of nitrogens with one attached hydrogen (secondary N) is 1. The quantitative estimate of drug-likeness (QED) is 0.495. The van der Waals surface area contributed by atoms with Crippen molar-refractivity contribution in [2.45, 2.75) is 27.1 Å². The van der Waals surface area contributed by atoms with Gasteiger partial charge in [-0.25, -0.2) is 0 Å². The van der Waals surface area contributed by atoms with Crippen molar-refractivity contribution in [2.24, 2.45) is 0 Å². The van der Waals surface area contributed by atoms with Crippen LogP contribution in [0.15, 0.2) is 72.8 Å². The number of hydrogen-bond donors (Lipinski definition) is 1. The topological polar surface area (TPSA) is 64.6 Å². The van der Waals surface area contributed by atoms with Crippen molar-refractivity contribution >= 4 is 17.4 Å². The van der Waals surface area contributed by atoms with Gasteiger partial charge in [-0.3, -0.25) is 9.59 Å². The van der Waals surface area contributed by atoms with Crippen LogP contribution in [0, 0.1) is 0 Å². The van der Waals surface area contributed by atoms with Gasteiger partial charge in [0.2, 0.25) is 0 Å². The average Bonchev–Trinajstić information content (AvgIpc) is 2.76. The Morgan fingerprint density at radius 1 is 0.867 bits per heavy atom. The van der Waals surface area contributed by atoms with E-state index in [1.165, 1.54) is 6.92 Å². The van der Waals surface area contributed by atoms with Crippen LogP contribution in [0.1, 0.15) is 45.7 Å². The largest absolute Gasteiger partial charge is 0.494 e. The first kappa shape index (κ1) is 21.3. The van der Waals surface area contributed by atoms with Crippen LogP contribution >= 0.6 is 0 Å². The van der Waals surface area contributed by atoms with E-state index in [1.807, 2.05) is 37.3 Å². The fourth-order valence-electron chi connectivity index (χ4n) is 3.00. The minimum absolute atomic E-state index is 0.0509. The third kappa shape index (κ3) is 5.78. The van der Waals surface area contributed by atoms with E-state index in [4.69, 9.17) is 9.47 Å². The normalized spacial score (nSPS) is 10.5. The molecule has 0 aliphatic heterocycles. The van der Waals surface area contributed by atoms with Gasteiger partial charge in [0.1, 0.15) is 5.75 Å². The van der Waals surface area contributed by atoms with Crippen molar-refractivity contribution in [3.8, 4) is 5.75 Å². The fraction of sp³-hybridized carbons (Fsp3) is 0.200. The number of ether oxygens (including phenoxy) is 2. The van der Waals surface area contributed by atoms with Gasteiger partial charge in [-0.05, 0) is 49.7 Å². The van der Waals surface area contributed by atoms with E-state index in [2.05, 4.69) is 5.32 Å². The molecule has 0 radical (unpaired) electrons. The molecule has 0 aliphatic carbocycles. The predicted molar refractivity (Wildman–Crippen MR) is 117 cm³/mol. The Morgan fingerprint density at radius 3 is 2.40 bits per heavy atom. The van der Waals surface area contributed by atoms with Gasteiger partial charge in [0.25, 0.3) is 5.91 Å². The van der Waals surface area contributed by atoms with Gasteiger partial charge < -0.3 is 14.8 Å². The Hall–Kier alpha value is -3.44. The molecule has 0 heterocycles. The second-order valence-corrected chi connectivity index (χ2v) is 6.83. The lowest BCUT2D eigenvalue weighted by molar-refractivity contribution is 0.100. The van der Waals surface area contributed by atoms with E-state index in [9.17, 15) is 9.59 Å². The van der Waals surface area contributed by atoms with Crippen LogP contribution in [0.5, 0.6) is 5.75 Å². The van der Waals surface area contributed by atoms with Crippen molar-refractivity contribution in [1.82, 2.24) is 0 Å². The van der Waals surface area contributed by atoms with E-state index in [-0.39, 0.29) is 11.7 Å². The highest BCUT2D eigenvalue weighted by atomic mass is 16.5. The lowest BCUT2D eigenvalue weighted by Crippen LogP contribution is -2.13. The van der Waals surface area contributed by atoms with Crippen LogP contribution in [-0.4, -0.2) is 18.3 Å². The molecule has 0 spiro atoms. The summed E-state index contributed by atoms with van der Waals surface area (Å²) in [5, 5.41) is 2.84. The van der Waals surface area contributed by atoms with Gasteiger partial charge in [0, 0.05) is 22.4 Å². The van der Waals surface area contributed by atoms with Crippen LogP contribution < -0.4 is 10.1 Å². The summed E-state index contributed by atoms with van der Waals surface area (Å²) in [4.78, 5) is 24.3. The zero-order valence-electron chi connectivity index (χ0n) is 17.2. The molecule has 0 fully saturated rings. The molecule has 30 heavy (non-hydrogen) atoms. The molecule has 0 atom stereocenters. The van der Waals surface area contributed by atoms with Gasteiger partial charge in [-0.15, -0.1) is 0 Å². The van der Waals surface area contributed by atoms with E-state index in [0.717, 1.165) is 11.1 Å². The van der Waals surface area contributed by atoms with E-state index >= 15 is 0 Å². The average molecular weight is 403 g/mol. The summed E-state index contributed by atoms with van der Waals surface area (Å²) < 4.78 is 11.5. The maximum absolute atomic E-state index is 12.7. The molecule has 0 aromatic heterocycles. The number of Topliss-reactive ketones (excluding diaryl/α,β-unsaturated/α-hetero) is 1. The summed E-state index contributed by atoms with van der Waals surface area (Å²) >= 11 is 0.